The van der Waals surface area contributed by atoms with Crippen LogP contribution < -0.4 is 10.5 Å². The van der Waals surface area contributed by atoms with Gasteiger partial charge in [-0.05, 0) is 61.0 Å². The van der Waals surface area contributed by atoms with Crippen LogP contribution in [0.15, 0.2) is 99.3 Å². The Morgan fingerprint density at radius 1 is 0.711 bits per heavy atom. The Balaban J connectivity index is 1.35. The molecule has 0 aromatic heterocycles. The topological polar surface area (TPSA) is 108 Å². The monoisotopic (exact) mass is 504 g/mol. The molecule has 4 aromatic rings. The van der Waals surface area contributed by atoms with Crippen LogP contribution in [0.5, 0.6) is 5.75 Å². The highest BCUT2D eigenvalue weighted by Gasteiger charge is 2.06. The molecule has 0 fully saturated rings. The third-order valence-corrected chi connectivity index (χ3v) is 6.18. The molecule has 2 N–H and O–H groups in total. The zero-order valence-corrected chi connectivity index (χ0v) is 21.7. The summed E-state index contributed by atoms with van der Waals surface area (Å²) in [7, 11) is 0. The summed E-state index contributed by atoms with van der Waals surface area (Å²) in [5.74, 6) is 0.587. The van der Waals surface area contributed by atoms with Gasteiger partial charge in [0.1, 0.15) is 11.8 Å². The lowest BCUT2D eigenvalue weighted by Gasteiger charge is -2.08. The van der Waals surface area contributed by atoms with E-state index in [9.17, 15) is 5.26 Å². The molecule has 0 saturated heterocycles. The summed E-state index contributed by atoms with van der Waals surface area (Å²) in [6.45, 7) is 2.82. The fourth-order valence-corrected chi connectivity index (χ4v) is 4.06. The van der Waals surface area contributed by atoms with Gasteiger partial charge >= 0.3 is 0 Å². The highest BCUT2D eigenvalue weighted by atomic mass is 16.5. The minimum Gasteiger partial charge on any atom is -0.492 e. The van der Waals surface area contributed by atoms with Crippen LogP contribution in [0, 0.1) is 11.3 Å². The molecule has 0 heterocycles. The van der Waals surface area contributed by atoms with Crippen LogP contribution in [0.25, 0.3) is 10.8 Å². The molecule has 0 radical (unpaired) electrons. The van der Waals surface area contributed by atoms with Gasteiger partial charge in [0, 0.05) is 16.5 Å². The van der Waals surface area contributed by atoms with Crippen molar-refractivity contribution in [2.75, 3.05) is 12.3 Å². The smallest absolute Gasteiger partial charge is 0.137 e. The molecule has 0 aliphatic heterocycles. The SMILES string of the molecule is CCCCCCCCOc1ccc(N=Nc2ccc(N=Nc3ccc(N)c4ccccc34)cc2)cc1C#N. The van der Waals surface area contributed by atoms with Gasteiger partial charge in [-0.15, -0.1) is 5.11 Å². The van der Waals surface area contributed by atoms with Gasteiger partial charge in [-0.25, -0.2) is 0 Å². The van der Waals surface area contributed by atoms with Gasteiger partial charge in [-0.1, -0.05) is 63.3 Å². The van der Waals surface area contributed by atoms with Crippen LogP contribution in [0.1, 0.15) is 51.0 Å². The van der Waals surface area contributed by atoms with E-state index in [4.69, 9.17) is 10.5 Å². The van der Waals surface area contributed by atoms with Gasteiger partial charge in [-0.3, -0.25) is 0 Å². The molecule has 38 heavy (non-hydrogen) atoms. The van der Waals surface area contributed by atoms with E-state index < -0.39 is 0 Å². The Bertz CT molecular complexity index is 1450. The van der Waals surface area contributed by atoms with E-state index in [-0.39, 0.29) is 0 Å². The molecule has 0 spiro atoms. The van der Waals surface area contributed by atoms with Gasteiger partial charge in [-0.2, -0.15) is 20.6 Å². The zero-order chi connectivity index (χ0) is 26.6. The lowest BCUT2D eigenvalue weighted by molar-refractivity contribution is 0.303. The highest BCUT2D eigenvalue weighted by molar-refractivity contribution is 5.99. The summed E-state index contributed by atoms with van der Waals surface area (Å²) in [6.07, 6.45) is 7.16. The Morgan fingerprint density at radius 2 is 1.34 bits per heavy atom. The standard InChI is InChI=1S/C31H32N6O/c1-2-3-4-5-6-9-20-38-31-19-16-26(21-23(31)22-32)36-34-24-12-14-25(15-13-24)35-37-30-18-17-29(33)27-10-7-8-11-28(27)30/h7-8,10-19,21H,2-6,9,20,33H2,1H3. The zero-order valence-electron chi connectivity index (χ0n) is 21.7. The summed E-state index contributed by atoms with van der Waals surface area (Å²) in [6, 6.07) is 26.4. The van der Waals surface area contributed by atoms with Crippen molar-refractivity contribution in [2.45, 2.75) is 45.4 Å². The number of ether oxygens (including phenoxy) is 1. The second-order valence-electron chi connectivity index (χ2n) is 9.04. The number of fused-ring (bicyclic) bond motifs is 1. The third kappa shape index (κ3) is 7.23. The Morgan fingerprint density at radius 3 is 2.08 bits per heavy atom. The molecule has 7 heteroatoms. The van der Waals surface area contributed by atoms with E-state index in [1.54, 1.807) is 18.2 Å². The minimum atomic E-state index is 0.457. The maximum atomic E-state index is 9.54. The molecule has 192 valence electrons. The highest BCUT2D eigenvalue weighted by Crippen LogP contribution is 2.32. The van der Waals surface area contributed by atoms with Crippen LogP contribution >= 0.6 is 0 Å². The van der Waals surface area contributed by atoms with Gasteiger partial charge in [0.2, 0.25) is 0 Å². The van der Waals surface area contributed by atoms with Crippen LogP contribution in [-0.4, -0.2) is 6.61 Å². The molecule has 0 aliphatic carbocycles. The fraction of sp³-hybridized carbons (Fsp3) is 0.258. The van der Waals surface area contributed by atoms with E-state index in [0.717, 1.165) is 29.3 Å². The van der Waals surface area contributed by atoms with Gasteiger partial charge < -0.3 is 10.5 Å². The summed E-state index contributed by atoms with van der Waals surface area (Å²) < 4.78 is 5.83. The molecule has 4 rings (SSSR count). The number of nitriles is 1. The maximum absolute atomic E-state index is 9.54. The first kappa shape index (κ1) is 26.5. The Kier molecular flexibility index (Phi) is 9.52. The van der Waals surface area contributed by atoms with Gasteiger partial charge in [0.25, 0.3) is 0 Å². The van der Waals surface area contributed by atoms with Crippen molar-refractivity contribution in [3.8, 4) is 11.8 Å². The van der Waals surface area contributed by atoms with Crippen molar-refractivity contribution >= 4 is 39.2 Å². The van der Waals surface area contributed by atoms with E-state index in [1.165, 1.54) is 25.7 Å². The van der Waals surface area contributed by atoms with Crippen LogP contribution in [-0.2, 0) is 0 Å². The van der Waals surface area contributed by atoms with E-state index in [1.807, 2.05) is 60.7 Å². The molecule has 0 amide bonds. The van der Waals surface area contributed by atoms with Crippen LogP contribution in [0.2, 0.25) is 0 Å². The second kappa shape index (κ2) is 13.7. The van der Waals surface area contributed by atoms with E-state index >= 15 is 0 Å². The average molecular weight is 505 g/mol. The third-order valence-electron chi connectivity index (χ3n) is 6.18. The number of hydrogen-bond acceptors (Lipinski definition) is 7. The number of azo groups is 2. The predicted octanol–water partition coefficient (Wildman–Crippen LogP) is 9.86. The number of nitrogens with two attached hydrogens (primary N) is 1. The first-order chi connectivity index (χ1) is 18.7. The van der Waals surface area contributed by atoms with Crippen molar-refractivity contribution < 1.29 is 4.74 Å². The van der Waals surface area contributed by atoms with Crippen molar-refractivity contribution in [3.63, 3.8) is 0 Å². The average Bonchev–Trinajstić information content (AvgIpc) is 2.96. The Hall–Kier alpha value is -4.57. The summed E-state index contributed by atoms with van der Waals surface area (Å²) in [5.41, 5.74) is 9.96. The molecule has 0 unspecified atom stereocenters. The summed E-state index contributed by atoms with van der Waals surface area (Å²) in [5, 5.41) is 28.8. The lowest BCUT2D eigenvalue weighted by Crippen LogP contribution is -1.99. The first-order valence-corrected chi connectivity index (χ1v) is 13.1. The minimum absolute atomic E-state index is 0.457. The number of nitrogen functional groups attached to an aromatic ring is 1. The van der Waals surface area contributed by atoms with Crippen LogP contribution in [0.3, 0.4) is 0 Å². The molecule has 0 bridgehead atoms. The van der Waals surface area contributed by atoms with Crippen molar-refractivity contribution in [1.29, 1.82) is 5.26 Å². The van der Waals surface area contributed by atoms with Gasteiger partial charge in [0.05, 0.1) is 34.9 Å². The number of anilines is 1. The molecule has 0 atom stereocenters. The second-order valence-corrected chi connectivity index (χ2v) is 9.04. The molecule has 0 saturated carbocycles. The number of unbranched alkanes of at least 4 members (excludes halogenated alkanes) is 5. The number of nitrogens with zero attached hydrogens (tertiary/aromatic N) is 5. The van der Waals surface area contributed by atoms with E-state index in [0.29, 0.717) is 40.7 Å². The molecular formula is C31H32N6O. The van der Waals surface area contributed by atoms with Crippen LogP contribution in [0.4, 0.5) is 28.4 Å². The largest absolute Gasteiger partial charge is 0.492 e. The number of rotatable bonds is 12. The van der Waals surface area contributed by atoms with Gasteiger partial charge in [0.15, 0.2) is 0 Å². The number of benzene rings is 4. The van der Waals surface area contributed by atoms with E-state index in [2.05, 4.69) is 33.4 Å². The molecular weight excluding hydrogens is 472 g/mol. The van der Waals surface area contributed by atoms with Crippen molar-refractivity contribution in [3.05, 3.63) is 84.4 Å². The van der Waals surface area contributed by atoms with Crippen molar-refractivity contribution in [2.24, 2.45) is 20.5 Å². The predicted molar refractivity (Wildman–Crippen MR) is 153 cm³/mol. The maximum Gasteiger partial charge on any atom is 0.137 e. The molecule has 0 aliphatic rings. The first-order valence-electron chi connectivity index (χ1n) is 13.1. The quantitative estimate of drug-likeness (QED) is 0.118. The number of hydrogen-bond donors (Lipinski definition) is 1. The Labute approximate surface area is 223 Å². The van der Waals surface area contributed by atoms with Crippen molar-refractivity contribution in [1.82, 2.24) is 0 Å². The lowest BCUT2D eigenvalue weighted by atomic mass is 10.1. The summed E-state index contributed by atoms with van der Waals surface area (Å²) in [4.78, 5) is 0. The molecule has 7 nitrogen and oxygen atoms in total. The summed E-state index contributed by atoms with van der Waals surface area (Å²) >= 11 is 0. The molecule has 4 aromatic carbocycles. The fourth-order valence-electron chi connectivity index (χ4n) is 4.06. The normalized spacial score (nSPS) is 11.4.